The molecule has 0 spiro atoms. The highest BCUT2D eigenvalue weighted by atomic mass is 16.7. The zero-order valence-electron chi connectivity index (χ0n) is 14.1. The molecule has 3 aromatic rings. The van der Waals surface area contributed by atoms with E-state index in [0.29, 0.717) is 28.2 Å². The summed E-state index contributed by atoms with van der Waals surface area (Å²) >= 11 is 0. The molecular formula is C18H15N5O3. The van der Waals surface area contributed by atoms with Gasteiger partial charge in [0.25, 0.3) is 11.5 Å². The topological polar surface area (TPSA) is 84.6 Å². The SMILES string of the molecule is [C-]#[N+]c1ccc(-c2c[nH]n(-c3ccc(C(=O)N(C)OC)cn3)c2=O)cc1. The summed E-state index contributed by atoms with van der Waals surface area (Å²) in [6.45, 7) is 6.97. The van der Waals surface area contributed by atoms with Crippen LogP contribution in [0.25, 0.3) is 21.8 Å². The van der Waals surface area contributed by atoms with Crippen molar-refractivity contribution in [1.82, 2.24) is 19.8 Å². The van der Waals surface area contributed by atoms with Gasteiger partial charge in [-0.25, -0.2) is 19.6 Å². The summed E-state index contributed by atoms with van der Waals surface area (Å²) in [5.74, 6) is 0.0154. The lowest BCUT2D eigenvalue weighted by Gasteiger charge is -2.13. The average molecular weight is 349 g/mol. The van der Waals surface area contributed by atoms with Crippen LogP contribution < -0.4 is 5.56 Å². The predicted molar refractivity (Wildman–Crippen MR) is 95.0 cm³/mol. The third kappa shape index (κ3) is 3.11. The van der Waals surface area contributed by atoms with Crippen LogP contribution in [0.4, 0.5) is 5.69 Å². The zero-order valence-corrected chi connectivity index (χ0v) is 14.1. The monoisotopic (exact) mass is 349 g/mol. The number of rotatable bonds is 4. The summed E-state index contributed by atoms with van der Waals surface area (Å²) in [5.41, 5.74) is 1.73. The first-order valence-corrected chi connectivity index (χ1v) is 7.62. The van der Waals surface area contributed by atoms with E-state index in [4.69, 9.17) is 11.4 Å². The first-order valence-electron chi connectivity index (χ1n) is 7.62. The number of hydrogen-bond acceptors (Lipinski definition) is 4. The lowest BCUT2D eigenvalue weighted by atomic mass is 10.1. The lowest BCUT2D eigenvalue weighted by Crippen LogP contribution is -2.25. The summed E-state index contributed by atoms with van der Waals surface area (Å²) in [7, 11) is 2.89. The van der Waals surface area contributed by atoms with Gasteiger partial charge in [0.15, 0.2) is 11.5 Å². The average Bonchev–Trinajstić information content (AvgIpc) is 3.08. The fourth-order valence-corrected chi connectivity index (χ4v) is 2.37. The smallest absolute Gasteiger partial charge is 0.280 e. The minimum absolute atomic E-state index is 0.277. The highest BCUT2D eigenvalue weighted by Gasteiger charge is 2.14. The normalized spacial score (nSPS) is 10.3. The Morgan fingerprint density at radius 2 is 2.00 bits per heavy atom. The molecule has 0 aliphatic rings. The third-order valence-electron chi connectivity index (χ3n) is 3.86. The molecule has 0 aliphatic carbocycles. The maximum atomic E-state index is 12.6. The molecule has 8 heteroatoms. The number of benzene rings is 1. The molecule has 1 amide bonds. The Morgan fingerprint density at radius 1 is 1.27 bits per heavy atom. The van der Waals surface area contributed by atoms with Crippen molar-refractivity contribution in [2.24, 2.45) is 0 Å². The van der Waals surface area contributed by atoms with Crippen molar-refractivity contribution in [3.05, 3.63) is 76.1 Å². The van der Waals surface area contributed by atoms with Crippen LogP contribution in [0.3, 0.4) is 0 Å². The van der Waals surface area contributed by atoms with Crippen molar-refractivity contribution in [3.63, 3.8) is 0 Å². The Hall–Kier alpha value is -3.70. The van der Waals surface area contributed by atoms with Gasteiger partial charge in [-0.1, -0.05) is 24.3 Å². The molecule has 2 heterocycles. The highest BCUT2D eigenvalue weighted by Crippen LogP contribution is 2.20. The highest BCUT2D eigenvalue weighted by molar-refractivity contribution is 5.93. The minimum Gasteiger partial charge on any atom is -0.296 e. The van der Waals surface area contributed by atoms with Crippen LogP contribution in [0.2, 0.25) is 0 Å². The quantitative estimate of drug-likeness (QED) is 0.579. The molecule has 0 saturated carbocycles. The van der Waals surface area contributed by atoms with Gasteiger partial charge < -0.3 is 0 Å². The van der Waals surface area contributed by atoms with Crippen LogP contribution in [0, 0.1) is 6.57 Å². The molecule has 1 N–H and O–H groups in total. The molecule has 3 rings (SSSR count). The molecule has 0 atom stereocenters. The fraction of sp³-hybridized carbons (Fsp3) is 0.111. The van der Waals surface area contributed by atoms with E-state index in [1.165, 1.54) is 25.0 Å². The number of H-pyrrole nitrogens is 1. The molecule has 0 aliphatic heterocycles. The van der Waals surface area contributed by atoms with Gasteiger partial charge in [0, 0.05) is 19.4 Å². The molecule has 0 saturated heterocycles. The van der Waals surface area contributed by atoms with Crippen LogP contribution >= 0.6 is 0 Å². The van der Waals surface area contributed by atoms with Gasteiger partial charge in [-0.2, -0.15) is 0 Å². The van der Waals surface area contributed by atoms with Gasteiger partial charge in [0.2, 0.25) is 0 Å². The molecule has 26 heavy (non-hydrogen) atoms. The molecule has 0 unspecified atom stereocenters. The first kappa shape index (κ1) is 17.1. The second-order valence-electron chi connectivity index (χ2n) is 5.38. The van der Waals surface area contributed by atoms with Gasteiger partial charge in [0.05, 0.1) is 24.8 Å². The fourth-order valence-electron chi connectivity index (χ4n) is 2.37. The van der Waals surface area contributed by atoms with Crippen molar-refractivity contribution in [2.45, 2.75) is 0 Å². The van der Waals surface area contributed by atoms with E-state index >= 15 is 0 Å². The van der Waals surface area contributed by atoms with E-state index in [1.54, 1.807) is 42.6 Å². The molecule has 8 nitrogen and oxygen atoms in total. The Kier molecular flexibility index (Phi) is 4.64. The van der Waals surface area contributed by atoms with E-state index in [1.807, 2.05) is 0 Å². The Labute approximate surface area is 149 Å². The summed E-state index contributed by atoms with van der Waals surface area (Å²) in [5, 5.41) is 3.95. The minimum atomic E-state index is -0.342. The van der Waals surface area contributed by atoms with Crippen molar-refractivity contribution in [2.75, 3.05) is 14.2 Å². The molecule has 0 fully saturated rings. The number of hydroxylamine groups is 2. The van der Waals surface area contributed by atoms with Crippen molar-refractivity contribution >= 4 is 11.6 Å². The molecule has 0 bridgehead atoms. The molecule has 1 aromatic carbocycles. The van der Waals surface area contributed by atoms with E-state index in [9.17, 15) is 9.59 Å². The summed E-state index contributed by atoms with van der Waals surface area (Å²) in [4.78, 5) is 37.0. The van der Waals surface area contributed by atoms with Crippen LogP contribution in [0.15, 0.2) is 53.6 Å². The molecular weight excluding hydrogens is 334 g/mol. The maximum absolute atomic E-state index is 12.6. The van der Waals surface area contributed by atoms with Gasteiger partial charge in [-0.3, -0.25) is 19.5 Å². The molecule has 0 radical (unpaired) electrons. The number of nitrogens with zero attached hydrogens (tertiary/aromatic N) is 4. The number of aromatic nitrogens is 3. The lowest BCUT2D eigenvalue weighted by molar-refractivity contribution is -0.0757. The Balaban J connectivity index is 1.91. The van der Waals surface area contributed by atoms with E-state index in [0.717, 1.165) is 5.06 Å². The van der Waals surface area contributed by atoms with Crippen molar-refractivity contribution in [3.8, 4) is 16.9 Å². The number of aromatic amines is 1. The zero-order chi connectivity index (χ0) is 18.7. The number of pyridine rings is 1. The number of carbonyl (C=O) groups excluding carboxylic acids is 1. The standard InChI is InChI=1S/C18H15N5O3/c1-19-14-7-4-12(5-8-14)15-11-21-23(18(15)25)16-9-6-13(10-20-16)17(24)22(2)26-3/h4-11,21H,2-3H3. The van der Waals surface area contributed by atoms with Crippen LogP contribution in [0.5, 0.6) is 0 Å². The number of nitrogens with one attached hydrogen (secondary N) is 1. The van der Waals surface area contributed by atoms with Gasteiger partial charge in [-0.15, -0.1) is 0 Å². The second-order valence-corrected chi connectivity index (χ2v) is 5.38. The number of amides is 1. The maximum Gasteiger partial charge on any atom is 0.280 e. The van der Waals surface area contributed by atoms with Gasteiger partial charge in [-0.05, 0) is 17.7 Å². The van der Waals surface area contributed by atoms with E-state index in [2.05, 4.69) is 14.9 Å². The van der Waals surface area contributed by atoms with Crippen molar-refractivity contribution in [1.29, 1.82) is 0 Å². The largest absolute Gasteiger partial charge is 0.296 e. The molecule has 130 valence electrons. The Bertz CT molecular complexity index is 1030. The summed E-state index contributed by atoms with van der Waals surface area (Å²) < 4.78 is 1.28. The predicted octanol–water partition coefficient (Wildman–Crippen LogP) is 2.41. The van der Waals surface area contributed by atoms with Gasteiger partial charge in [0.1, 0.15) is 0 Å². The Morgan fingerprint density at radius 3 is 2.58 bits per heavy atom. The number of hydrogen-bond donors (Lipinski definition) is 1. The molecule has 2 aromatic heterocycles. The summed E-state index contributed by atoms with van der Waals surface area (Å²) in [6, 6.07) is 9.89. The van der Waals surface area contributed by atoms with Crippen molar-refractivity contribution < 1.29 is 9.63 Å². The van der Waals surface area contributed by atoms with Gasteiger partial charge >= 0.3 is 0 Å². The van der Waals surface area contributed by atoms with E-state index in [-0.39, 0.29) is 11.5 Å². The third-order valence-corrected chi connectivity index (χ3v) is 3.86. The van der Waals surface area contributed by atoms with E-state index < -0.39 is 0 Å². The summed E-state index contributed by atoms with van der Waals surface area (Å²) in [6.07, 6.45) is 2.96. The number of carbonyl (C=O) groups is 1. The van der Waals surface area contributed by atoms with Crippen LogP contribution in [-0.4, -0.2) is 39.9 Å². The first-order chi connectivity index (χ1) is 12.5. The second kappa shape index (κ2) is 7.04. The van der Waals surface area contributed by atoms with Crippen LogP contribution in [0.1, 0.15) is 10.4 Å². The van der Waals surface area contributed by atoms with Crippen LogP contribution in [-0.2, 0) is 4.84 Å².